The van der Waals surface area contributed by atoms with E-state index in [4.69, 9.17) is 38.5 Å². The monoisotopic (exact) mass is 552 g/mol. The van der Waals surface area contributed by atoms with Gasteiger partial charge in [0.15, 0.2) is 0 Å². The van der Waals surface area contributed by atoms with Crippen LogP contribution in [-0.4, -0.2) is 71.5 Å². The molecule has 0 saturated carbocycles. The fourth-order valence-corrected chi connectivity index (χ4v) is 4.44. The van der Waals surface area contributed by atoms with Crippen molar-refractivity contribution < 1.29 is 24.9 Å². The van der Waals surface area contributed by atoms with E-state index in [9.17, 15) is 9.59 Å². The van der Waals surface area contributed by atoms with Crippen LogP contribution in [0.3, 0.4) is 0 Å². The number of halogens is 2. The van der Waals surface area contributed by atoms with Gasteiger partial charge in [0.2, 0.25) is 5.91 Å². The third-order valence-electron chi connectivity index (χ3n) is 6.32. The summed E-state index contributed by atoms with van der Waals surface area (Å²) in [6.07, 6.45) is 4.89. The standard InChI is InChI=1S/C14H18ClNO2.C8H7ClO2.C6H13NO/c15-13-5-3-11(4-6-13)8-14(18)16-7-1-2-12(9-16)10-17;9-7-3-1-6(2-4-7)5-8(10)11;8-5-6-2-1-3-7-4-6/h3-6,12,17H,1-2,7-10H2;1-4H,5H2,(H,10,11);6-8H,1-5H2. The molecular weight excluding hydrogens is 515 g/mol. The molecule has 2 aliphatic rings. The number of carbonyl (C=O) groups excluding carboxylic acids is 1. The van der Waals surface area contributed by atoms with Crippen molar-refractivity contribution in [2.24, 2.45) is 11.8 Å². The van der Waals surface area contributed by atoms with Gasteiger partial charge in [-0.3, -0.25) is 9.59 Å². The fourth-order valence-electron chi connectivity index (χ4n) is 4.19. The Morgan fingerprint density at radius 3 is 1.84 bits per heavy atom. The Morgan fingerprint density at radius 2 is 1.38 bits per heavy atom. The van der Waals surface area contributed by atoms with Gasteiger partial charge in [0.25, 0.3) is 0 Å². The lowest BCUT2D eigenvalue weighted by Gasteiger charge is -2.32. The number of aliphatic hydroxyl groups excluding tert-OH is 2. The van der Waals surface area contributed by atoms with Crippen molar-refractivity contribution in [3.8, 4) is 0 Å². The number of carboxylic acid groups (broad SMARTS) is 1. The van der Waals surface area contributed by atoms with Gasteiger partial charge in [-0.2, -0.15) is 0 Å². The van der Waals surface area contributed by atoms with Crippen molar-refractivity contribution >= 4 is 35.1 Å². The molecule has 2 aliphatic heterocycles. The molecule has 2 fully saturated rings. The van der Waals surface area contributed by atoms with Gasteiger partial charge >= 0.3 is 5.97 Å². The topological polar surface area (TPSA) is 110 Å². The number of piperidine rings is 2. The second kappa shape index (κ2) is 17.4. The molecule has 4 N–H and O–H groups in total. The number of carboxylic acids is 1. The largest absolute Gasteiger partial charge is 0.481 e. The summed E-state index contributed by atoms with van der Waals surface area (Å²) < 4.78 is 0. The lowest BCUT2D eigenvalue weighted by molar-refractivity contribution is -0.136. The van der Waals surface area contributed by atoms with E-state index in [0.29, 0.717) is 35.5 Å². The summed E-state index contributed by atoms with van der Waals surface area (Å²) in [4.78, 5) is 24.2. The number of likely N-dealkylation sites (tertiary alicyclic amines) is 1. The summed E-state index contributed by atoms with van der Waals surface area (Å²) >= 11 is 11.4. The van der Waals surface area contributed by atoms with E-state index in [0.717, 1.165) is 43.6 Å². The molecule has 0 spiro atoms. The summed E-state index contributed by atoms with van der Waals surface area (Å²) in [6.45, 7) is 4.16. The summed E-state index contributed by atoms with van der Waals surface area (Å²) in [5.41, 5.74) is 1.75. The Morgan fingerprint density at radius 1 is 0.838 bits per heavy atom. The molecule has 1 amide bonds. The van der Waals surface area contributed by atoms with Gasteiger partial charge in [0.1, 0.15) is 0 Å². The first kappa shape index (κ1) is 31.1. The molecule has 2 atom stereocenters. The molecule has 9 heteroatoms. The van der Waals surface area contributed by atoms with Crippen LogP contribution in [0.15, 0.2) is 48.5 Å². The van der Waals surface area contributed by atoms with E-state index >= 15 is 0 Å². The first-order valence-corrected chi connectivity index (χ1v) is 13.5. The minimum Gasteiger partial charge on any atom is -0.481 e. The highest BCUT2D eigenvalue weighted by atomic mass is 35.5. The zero-order valence-corrected chi connectivity index (χ0v) is 22.6. The van der Waals surface area contributed by atoms with Gasteiger partial charge in [0, 0.05) is 42.9 Å². The highest BCUT2D eigenvalue weighted by Gasteiger charge is 2.23. The lowest BCUT2D eigenvalue weighted by Crippen LogP contribution is -2.41. The zero-order valence-electron chi connectivity index (χ0n) is 21.1. The minimum absolute atomic E-state index is 0.0527. The molecule has 0 radical (unpaired) electrons. The second-order valence-corrected chi connectivity index (χ2v) is 10.3. The predicted octanol–water partition coefficient (Wildman–Crippen LogP) is 4.06. The fraction of sp³-hybridized carbons (Fsp3) is 0.500. The molecule has 0 aliphatic carbocycles. The number of nitrogens with zero attached hydrogens (tertiary/aromatic N) is 1. The van der Waals surface area contributed by atoms with Gasteiger partial charge in [-0.15, -0.1) is 0 Å². The van der Waals surface area contributed by atoms with Crippen molar-refractivity contribution in [3.05, 3.63) is 69.7 Å². The molecule has 37 heavy (non-hydrogen) atoms. The predicted molar refractivity (Wildman–Crippen MR) is 147 cm³/mol. The number of carbonyl (C=O) groups is 2. The number of nitrogens with one attached hydrogen (secondary N) is 1. The van der Waals surface area contributed by atoms with Gasteiger partial charge in [0.05, 0.1) is 12.8 Å². The summed E-state index contributed by atoms with van der Waals surface area (Å²) in [7, 11) is 0. The van der Waals surface area contributed by atoms with Crippen LogP contribution >= 0.6 is 23.2 Å². The Hall–Kier alpha value is -2.16. The Bertz CT molecular complexity index is 935. The third-order valence-corrected chi connectivity index (χ3v) is 6.83. The van der Waals surface area contributed by atoms with Crippen LogP contribution < -0.4 is 5.32 Å². The van der Waals surface area contributed by atoms with E-state index in [2.05, 4.69) is 5.32 Å². The average molecular weight is 554 g/mol. The van der Waals surface area contributed by atoms with Crippen LogP contribution in [0.2, 0.25) is 10.0 Å². The number of hydrogen-bond acceptors (Lipinski definition) is 5. The molecular formula is C28H38Cl2N2O5. The minimum atomic E-state index is -0.827. The van der Waals surface area contributed by atoms with E-state index in [-0.39, 0.29) is 24.9 Å². The molecule has 4 rings (SSSR count). The maximum Gasteiger partial charge on any atom is 0.307 e. The molecule has 0 aromatic heterocycles. The number of amides is 1. The Balaban J connectivity index is 0.000000215. The highest BCUT2D eigenvalue weighted by Crippen LogP contribution is 2.17. The van der Waals surface area contributed by atoms with Gasteiger partial charge in [-0.25, -0.2) is 0 Å². The SMILES string of the molecule is O=C(Cc1ccc(Cl)cc1)N1CCCC(CO)C1.O=C(O)Cc1ccc(Cl)cc1.OCC1CCCNC1. The van der Waals surface area contributed by atoms with Crippen LogP contribution in [-0.2, 0) is 22.4 Å². The number of aliphatic carboxylic acids is 1. The van der Waals surface area contributed by atoms with Crippen LogP contribution in [0.5, 0.6) is 0 Å². The molecule has 0 bridgehead atoms. The smallest absolute Gasteiger partial charge is 0.307 e. The molecule has 2 saturated heterocycles. The quantitative estimate of drug-likeness (QED) is 0.430. The Labute approximate surface area is 229 Å². The van der Waals surface area contributed by atoms with E-state index in [1.54, 1.807) is 36.4 Å². The van der Waals surface area contributed by atoms with Gasteiger partial charge < -0.3 is 25.5 Å². The van der Waals surface area contributed by atoms with Crippen molar-refractivity contribution in [2.75, 3.05) is 39.4 Å². The average Bonchev–Trinajstić information content (AvgIpc) is 2.92. The lowest BCUT2D eigenvalue weighted by atomic mass is 9.98. The molecule has 2 heterocycles. The van der Waals surface area contributed by atoms with Gasteiger partial charge in [-0.1, -0.05) is 47.5 Å². The van der Waals surface area contributed by atoms with Crippen LogP contribution in [0, 0.1) is 11.8 Å². The number of aliphatic hydroxyl groups is 2. The van der Waals surface area contributed by atoms with Crippen molar-refractivity contribution in [2.45, 2.75) is 38.5 Å². The summed E-state index contributed by atoms with van der Waals surface area (Å²) in [5.74, 6) is 0.0828. The number of benzene rings is 2. The summed E-state index contributed by atoms with van der Waals surface area (Å²) in [6, 6.07) is 14.1. The van der Waals surface area contributed by atoms with Crippen LogP contribution in [0.4, 0.5) is 0 Å². The first-order valence-electron chi connectivity index (χ1n) is 12.7. The van der Waals surface area contributed by atoms with E-state index in [1.165, 1.54) is 12.8 Å². The van der Waals surface area contributed by atoms with Crippen molar-refractivity contribution in [1.29, 1.82) is 0 Å². The number of hydrogen-bond donors (Lipinski definition) is 4. The maximum atomic E-state index is 12.1. The van der Waals surface area contributed by atoms with Crippen molar-refractivity contribution in [3.63, 3.8) is 0 Å². The maximum absolute atomic E-state index is 12.1. The van der Waals surface area contributed by atoms with E-state index in [1.807, 2.05) is 17.0 Å². The molecule has 2 aromatic carbocycles. The van der Waals surface area contributed by atoms with Gasteiger partial charge in [-0.05, 0) is 79.5 Å². The zero-order chi connectivity index (χ0) is 27.0. The third kappa shape index (κ3) is 12.8. The summed E-state index contributed by atoms with van der Waals surface area (Å²) in [5, 5.41) is 30.7. The normalized spacial score (nSPS) is 19.1. The van der Waals surface area contributed by atoms with Crippen LogP contribution in [0.1, 0.15) is 36.8 Å². The second-order valence-electron chi connectivity index (χ2n) is 9.43. The molecule has 7 nitrogen and oxygen atoms in total. The van der Waals surface area contributed by atoms with Crippen molar-refractivity contribution in [1.82, 2.24) is 10.2 Å². The Kier molecular flexibility index (Phi) is 14.6. The first-order chi connectivity index (χ1) is 17.8. The van der Waals surface area contributed by atoms with Crippen LogP contribution in [0.25, 0.3) is 0 Å². The highest BCUT2D eigenvalue weighted by molar-refractivity contribution is 6.30. The van der Waals surface area contributed by atoms with E-state index < -0.39 is 5.97 Å². The molecule has 204 valence electrons. The molecule has 2 unspecified atom stereocenters. The number of rotatable bonds is 6. The molecule has 2 aromatic rings.